The zero-order chi connectivity index (χ0) is 29.3. The number of esters is 1. The molecule has 0 aromatic heterocycles. The summed E-state index contributed by atoms with van der Waals surface area (Å²) >= 11 is 0. The Morgan fingerprint density at radius 2 is 1.41 bits per heavy atom. The summed E-state index contributed by atoms with van der Waals surface area (Å²) in [5.74, 6) is 4.15. The summed E-state index contributed by atoms with van der Waals surface area (Å²) in [6.07, 6.45) is 14.3. The van der Waals surface area contributed by atoms with E-state index in [1.54, 1.807) is 0 Å². The summed E-state index contributed by atoms with van der Waals surface area (Å²) in [5, 5.41) is 0. The molecule has 0 bridgehead atoms. The molecule has 4 unspecified atom stereocenters. The molecule has 0 spiro atoms. The van der Waals surface area contributed by atoms with E-state index >= 15 is 0 Å². The molecule has 0 fully saturated rings. The van der Waals surface area contributed by atoms with Gasteiger partial charge in [-0.1, -0.05) is 86.5 Å². The van der Waals surface area contributed by atoms with Crippen LogP contribution in [-0.4, -0.2) is 17.6 Å². The fraction of sp³-hybridized carbons (Fsp3) is 0.800. The first kappa shape index (κ1) is 33.7. The Hall–Kier alpha value is -1.55. The molecule has 4 atom stereocenters. The monoisotopic (exact) mass is 543 g/mol. The highest BCUT2D eigenvalue weighted by Crippen LogP contribution is 2.45. The van der Waals surface area contributed by atoms with Crippen molar-refractivity contribution >= 4 is 5.97 Å². The van der Waals surface area contributed by atoms with Crippen molar-refractivity contribution in [1.82, 2.24) is 0 Å². The van der Waals surface area contributed by atoms with Gasteiger partial charge in [0.05, 0.1) is 0 Å². The molecule has 0 saturated carbocycles. The minimum Gasteiger partial charge on any atom is -0.487 e. The molecule has 1 heterocycles. The van der Waals surface area contributed by atoms with E-state index in [9.17, 15) is 4.79 Å². The molecule has 1 aliphatic heterocycles. The van der Waals surface area contributed by atoms with Crippen molar-refractivity contribution in [2.75, 3.05) is 0 Å². The van der Waals surface area contributed by atoms with Crippen molar-refractivity contribution in [3.05, 3.63) is 22.3 Å². The van der Waals surface area contributed by atoms with Gasteiger partial charge in [0.1, 0.15) is 23.1 Å². The molecule has 1 aromatic carbocycles. The van der Waals surface area contributed by atoms with Gasteiger partial charge in [0.25, 0.3) is 0 Å². The van der Waals surface area contributed by atoms with E-state index < -0.39 is 6.04 Å². The summed E-state index contributed by atoms with van der Waals surface area (Å²) < 4.78 is 12.6. The Morgan fingerprint density at radius 3 is 1.97 bits per heavy atom. The van der Waals surface area contributed by atoms with Crippen LogP contribution in [0, 0.1) is 44.4 Å². The van der Waals surface area contributed by atoms with E-state index in [1.807, 2.05) is 6.92 Å². The third-order valence-electron chi connectivity index (χ3n) is 9.07. The van der Waals surface area contributed by atoms with Crippen molar-refractivity contribution in [2.24, 2.45) is 29.4 Å². The lowest BCUT2D eigenvalue weighted by atomic mass is 9.83. The first-order valence-corrected chi connectivity index (χ1v) is 16.0. The minimum atomic E-state index is -0.597. The number of hydrogen-bond donors (Lipinski definition) is 1. The molecule has 39 heavy (non-hydrogen) atoms. The van der Waals surface area contributed by atoms with Crippen LogP contribution in [0.3, 0.4) is 0 Å². The van der Waals surface area contributed by atoms with Crippen molar-refractivity contribution in [3.8, 4) is 11.5 Å². The number of benzene rings is 1. The summed E-state index contributed by atoms with van der Waals surface area (Å²) in [6.45, 7) is 22.1. The van der Waals surface area contributed by atoms with Crippen LogP contribution in [0.25, 0.3) is 0 Å². The maximum absolute atomic E-state index is 12.7. The van der Waals surface area contributed by atoms with Crippen molar-refractivity contribution in [2.45, 2.75) is 158 Å². The summed E-state index contributed by atoms with van der Waals surface area (Å²) in [4.78, 5) is 12.7. The second-order valence-electron chi connectivity index (χ2n) is 14.1. The Morgan fingerprint density at radius 1 is 0.846 bits per heavy atom. The molecule has 2 N–H and O–H groups in total. The van der Waals surface area contributed by atoms with Gasteiger partial charge in [-0.2, -0.15) is 0 Å². The number of nitrogens with two attached hydrogens (primary N) is 1. The van der Waals surface area contributed by atoms with Crippen LogP contribution in [0.15, 0.2) is 0 Å². The van der Waals surface area contributed by atoms with Gasteiger partial charge in [-0.05, 0) is 100 Å². The van der Waals surface area contributed by atoms with E-state index in [-0.39, 0.29) is 11.6 Å². The van der Waals surface area contributed by atoms with Crippen LogP contribution < -0.4 is 15.2 Å². The molecule has 0 saturated heterocycles. The Balaban J connectivity index is 1.89. The normalized spacial score (nSPS) is 19.5. The Bertz CT molecular complexity index is 921. The SMILES string of the molecule is Cc1c(C)c2c(c(C)c1OC(=O)C(N)CC(C)C)CCC(C)(CCCC(C)CCCC(C)CCCC(C)C)O2. The van der Waals surface area contributed by atoms with Crippen LogP contribution in [0.1, 0.15) is 141 Å². The zero-order valence-corrected chi connectivity index (χ0v) is 27.2. The lowest BCUT2D eigenvalue weighted by Crippen LogP contribution is -2.38. The number of hydrogen-bond acceptors (Lipinski definition) is 4. The van der Waals surface area contributed by atoms with Gasteiger partial charge in [0.15, 0.2) is 0 Å². The number of carbonyl (C=O) groups excluding carboxylic acids is 1. The molecule has 1 aliphatic rings. The second kappa shape index (κ2) is 15.5. The maximum Gasteiger partial charge on any atom is 0.328 e. The molecule has 0 amide bonds. The first-order valence-electron chi connectivity index (χ1n) is 16.0. The number of ether oxygens (including phenoxy) is 2. The standard InChI is InChI=1S/C35H61NO3/c1-23(2)14-11-15-25(5)16-12-17-26(6)18-13-20-35(10)21-19-30-29(9)32(27(7)28(8)33(30)39-35)38-34(37)31(36)22-24(3)4/h23-26,31H,11-22,36H2,1-10H3. The Kier molecular flexibility index (Phi) is 13.3. The van der Waals surface area contributed by atoms with E-state index in [0.29, 0.717) is 18.1 Å². The summed E-state index contributed by atoms with van der Waals surface area (Å²) in [7, 11) is 0. The van der Waals surface area contributed by atoms with Gasteiger partial charge < -0.3 is 15.2 Å². The van der Waals surface area contributed by atoms with Crippen molar-refractivity contribution in [3.63, 3.8) is 0 Å². The molecular weight excluding hydrogens is 482 g/mol. The zero-order valence-electron chi connectivity index (χ0n) is 27.2. The molecule has 0 aliphatic carbocycles. The van der Waals surface area contributed by atoms with Crippen LogP contribution in [0.5, 0.6) is 11.5 Å². The average molecular weight is 544 g/mol. The van der Waals surface area contributed by atoms with E-state index in [1.165, 1.54) is 56.9 Å². The molecule has 4 nitrogen and oxygen atoms in total. The average Bonchev–Trinajstić information content (AvgIpc) is 2.84. The molecule has 2 rings (SSSR count). The summed E-state index contributed by atoms with van der Waals surface area (Å²) in [6, 6.07) is -0.597. The maximum atomic E-state index is 12.7. The lowest BCUT2D eigenvalue weighted by Gasteiger charge is -2.38. The van der Waals surface area contributed by atoms with Crippen LogP contribution >= 0.6 is 0 Å². The largest absolute Gasteiger partial charge is 0.487 e. The summed E-state index contributed by atoms with van der Waals surface area (Å²) in [5.41, 5.74) is 10.2. The van der Waals surface area contributed by atoms with Gasteiger partial charge in [-0.25, -0.2) is 4.79 Å². The van der Waals surface area contributed by atoms with Gasteiger partial charge in [-0.15, -0.1) is 0 Å². The third-order valence-corrected chi connectivity index (χ3v) is 9.07. The minimum absolute atomic E-state index is 0.140. The molecule has 0 radical (unpaired) electrons. The topological polar surface area (TPSA) is 61.5 Å². The molecule has 4 heteroatoms. The lowest BCUT2D eigenvalue weighted by molar-refractivity contribution is -0.136. The molecular formula is C35H61NO3. The highest BCUT2D eigenvalue weighted by molar-refractivity contribution is 5.79. The first-order chi connectivity index (χ1) is 18.2. The predicted molar refractivity (Wildman–Crippen MR) is 166 cm³/mol. The predicted octanol–water partition coefficient (Wildman–Crippen LogP) is 9.41. The second-order valence-corrected chi connectivity index (χ2v) is 14.1. The van der Waals surface area contributed by atoms with Crippen LogP contribution in [0.2, 0.25) is 0 Å². The molecule has 1 aromatic rings. The highest BCUT2D eigenvalue weighted by Gasteiger charge is 2.35. The van der Waals surface area contributed by atoms with E-state index in [2.05, 4.69) is 62.3 Å². The third kappa shape index (κ3) is 10.4. The van der Waals surface area contributed by atoms with Gasteiger partial charge in [0.2, 0.25) is 0 Å². The number of carbonyl (C=O) groups is 1. The smallest absolute Gasteiger partial charge is 0.328 e. The highest BCUT2D eigenvalue weighted by atomic mass is 16.5. The van der Waals surface area contributed by atoms with E-state index in [0.717, 1.165) is 59.5 Å². The Labute approximate surface area is 241 Å². The fourth-order valence-electron chi connectivity index (χ4n) is 6.19. The molecule has 224 valence electrons. The quantitative estimate of drug-likeness (QED) is 0.167. The van der Waals surface area contributed by atoms with E-state index in [4.69, 9.17) is 15.2 Å². The number of fused-ring (bicyclic) bond motifs is 1. The van der Waals surface area contributed by atoms with Crippen molar-refractivity contribution < 1.29 is 14.3 Å². The van der Waals surface area contributed by atoms with Gasteiger partial charge in [-0.3, -0.25) is 0 Å². The van der Waals surface area contributed by atoms with Crippen LogP contribution in [0.4, 0.5) is 0 Å². The van der Waals surface area contributed by atoms with Gasteiger partial charge in [0, 0.05) is 5.56 Å². The number of rotatable bonds is 16. The van der Waals surface area contributed by atoms with Gasteiger partial charge >= 0.3 is 5.97 Å². The van der Waals surface area contributed by atoms with Crippen molar-refractivity contribution in [1.29, 1.82) is 0 Å². The fourth-order valence-corrected chi connectivity index (χ4v) is 6.19. The van der Waals surface area contributed by atoms with Crippen LogP contribution in [-0.2, 0) is 11.2 Å².